The number of hydrogen-bond acceptors (Lipinski definition) is 3. The van der Waals surface area contributed by atoms with Crippen molar-refractivity contribution in [2.45, 2.75) is 32.6 Å². The maximum absolute atomic E-state index is 13.5. The van der Waals surface area contributed by atoms with Gasteiger partial charge in [0.1, 0.15) is 0 Å². The van der Waals surface area contributed by atoms with Crippen LogP contribution in [0.15, 0.2) is 36.4 Å². The van der Waals surface area contributed by atoms with Crippen LogP contribution in [0.5, 0.6) is 0 Å². The van der Waals surface area contributed by atoms with Gasteiger partial charge >= 0.3 is 0 Å². The van der Waals surface area contributed by atoms with Gasteiger partial charge in [-0.1, -0.05) is 29.5 Å². The number of carbonyl (C=O) groups is 1. The smallest absolute Gasteiger partial charge is 0.260 e. The standard InChI is InChI=1S/C23H27N3OS/c1-16-7-6-10-20-21(16)24-23(28-20)26(14-13-25(2)3)22(27)19-12-11-17-8-4-5-9-18(17)15-19/h6-7,10-12,15H,4-5,8-9,13-14H2,1-3H3/p+1. The van der Waals surface area contributed by atoms with Crippen molar-refractivity contribution >= 4 is 32.6 Å². The molecule has 146 valence electrons. The summed E-state index contributed by atoms with van der Waals surface area (Å²) < 4.78 is 1.13. The number of aryl methyl sites for hydroxylation is 3. The Labute approximate surface area is 170 Å². The Morgan fingerprint density at radius 1 is 1.14 bits per heavy atom. The van der Waals surface area contributed by atoms with Crippen LogP contribution in [0.25, 0.3) is 10.2 Å². The molecule has 1 amide bonds. The van der Waals surface area contributed by atoms with E-state index in [0.717, 1.165) is 45.9 Å². The normalized spacial score (nSPS) is 13.7. The first-order valence-electron chi connectivity index (χ1n) is 10.1. The average molecular weight is 395 g/mol. The zero-order chi connectivity index (χ0) is 19.7. The van der Waals surface area contributed by atoms with Gasteiger partial charge in [0.2, 0.25) is 0 Å². The maximum Gasteiger partial charge on any atom is 0.260 e. The van der Waals surface area contributed by atoms with Gasteiger partial charge in [0, 0.05) is 5.56 Å². The van der Waals surface area contributed by atoms with Crippen LogP contribution in [0, 0.1) is 6.92 Å². The van der Waals surface area contributed by atoms with Crippen molar-refractivity contribution in [2.24, 2.45) is 0 Å². The highest BCUT2D eigenvalue weighted by molar-refractivity contribution is 7.22. The van der Waals surface area contributed by atoms with Gasteiger partial charge in [0.05, 0.1) is 37.4 Å². The van der Waals surface area contributed by atoms with Crippen molar-refractivity contribution in [2.75, 3.05) is 32.1 Å². The number of anilines is 1. The lowest BCUT2D eigenvalue weighted by Crippen LogP contribution is -3.06. The summed E-state index contributed by atoms with van der Waals surface area (Å²) in [5.41, 5.74) is 5.69. The lowest BCUT2D eigenvalue weighted by atomic mass is 9.90. The van der Waals surface area contributed by atoms with Crippen molar-refractivity contribution in [3.63, 3.8) is 0 Å². The Balaban J connectivity index is 1.70. The van der Waals surface area contributed by atoms with Gasteiger partial charge in [-0.3, -0.25) is 9.69 Å². The summed E-state index contributed by atoms with van der Waals surface area (Å²) in [6, 6.07) is 12.5. The summed E-state index contributed by atoms with van der Waals surface area (Å²) in [6.07, 6.45) is 4.69. The van der Waals surface area contributed by atoms with Crippen molar-refractivity contribution in [3.8, 4) is 0 Å². The number of thiazole rings is 1. The Hall–Kier alpha value is -2.24. The second-order valence-corrected chi connectivity index (χ2v) is 9.03. The number of benzene rings is 2. The van der Waals surface area contributed by atoms with Gasteiger partial charge in [-0.15, -0.1) is 0 Å². The monoisotopic (exact) mass is 394 g/mol. The van der Waals surface area contributed by atoms with Gasteiger partial charge in [-0.2, -0.15) is 0 Å². The minimum Gasteiger partial charge on any atom is -0.338 e. The van der Waals surface area contributed by atoms with Gasteiger partial charge in [-0.25, -0.2) is 4.98 Å². The molecule has 0 saturated carbocycles. The molecule has 2 aromatic carbocycles. The second kappa shape index (κ2) is 8.02. The number of quaternary nitrogens is 1. The van der Waals surface area contributed by atoms with Crippen LogP contribution in [-0.4, -0.2) is 38.1 Å². The van der Waals surface area contributed by atoms with E-state index in [1.165, 1.54) is 28.9 Å². The predicted molar refractivity (Wildman–Crippen MR) is 117 cm³/mol. The van der Waals surface area contributed by atoms with E-state index in [9.17, 15) is 4.79 Å². The van der Waals surface area contributed by atoms with Gasteiger partial charge in [0.25, 0.3) is 5.91 Å². The fraction of sp³-hybridized carbons (Fsp3) is 0.391. The van der Waals surface area contributed by atoms with E-state index >= 15 is 0 Å². The van der Waals surface area contributed by atoms with E-state index in [4.69, 9.17) is 4.98 Å². The Morgan fingerprint density at radius 3 is 2.68 bits per heavy atom. The molecule has 4 nitrogen and oxygen atoms in total. The Kier molecular flexibility index (Phi) is 5.47. The van der Waals surface area contributed by atoms with Gasteiger partial charge in [0.15, 0.2) is 5.13 Å². The topological polar surface area (TPSA) is 37.6 Å². The molecule has 4 rings (SSSR count). The third kappa shape index (κ3) is 3.82. The Morgan fingerprint density at radius 2 is 1.93 bits per heavy atom. The summed E-state index contributed by atoms with van der Waals surface area (Å²) in [5, 5.41) is 0.799. The molecule has 1 aliphatic carbocycles. The number of aromatic nitrogens is 1. The molecule has 1 heterocycles. The number of amides is 1. The minimum atomic E-state index is 0.0614. The van der Waals surface area contributed by atoms with Crippen molar-refractivity contribution in [3.05, 3.63) is 58.7 Å². The summed E-state index contributed by atoms with van der Waals surface area (Å²) in [4.78, 5) is 21.5. The molecule has 0 saturated heterocycles. The summed E-state index contributed by atoms with van der Waals surface area (Å²) in [6.45, 7) is 3.62. The molecule has 0 unspecified atom stereocenters. The molecule has 0 fully saturated rings. The fourth-order valence-corrected chi connectivity index (χ4v) is 4.90. The average Bonchev–Trinajstić information content (AvgIpc) is 3.12. The Bertz CT molecular complexity index is 1010. The fourth-order valence-electron chi connectivity index (χ4n) is 3.83. The van der Waals surface area contributed by atoms with E-state index in [2.05, 4.69) is 51.4 Å². The van der Waals surface area contributed by atoms with Crippen LogP contribution in [0.4, 0.5) is 5.13 Å². The van der Waals surface area contributed by atoms with Crippen molar-refractivity contribution < 1.29 is 9.69 Å². The highest BCUT2D eigenvalue weighted by atomic mass is 32.1. The lowest BCUT2D eigenvalue weighted by Gasteiger charge is -2.22. The number of nitrogens with zero attached hydrogens (tertiary/aromatic N) is 2. The van der Waals surface area contributed by atoms with Crippen molar-refractivity contribution in [1.82, 2.24) is 4.98 Å². The molecule has 0 radical (unpaired) electrons. The first kappa shape index (κ1) is 19.1. The first-order valence-corrected chi connectivity index (χ1v) is 10.9. The van der Waals surface area contributed by atoms with E-state index < -0.39 is 0 Å². The third-order valence-corrected chi connectivity index (χ3v) is 6.56. The molecule has 0 spiro atoms. The maximum atomic E-state index is 13.5. The number of likely N-dealkylation sites (N-methyl/N-ethyl adjacent to an activating group) is 1. The third-order valence-electron chi connectivity index (χ3n) is 5.52. The summed E-state index contributed by atoms with van der Waals surface area (Å²) >= 11 is 1.61. The number of nitrogens with one attached hydrogen (secondary N) is 1. The number of hydrogen-bond donors (Lipinski definition) is 1. The van der Waals surface area contributed by atoms with Crippen LogP contribution in [0.1, 0.15) is 39.9 Å². The molecular formula is C23H28N3OS+. The molecule has 1 N–H and O–H groups in total. The number of fused-ring (bicyclic) bond motifs is 2. The molecule has 0 aliphatic heterocycles. The van der Waals surface area contributed by atoms with Crippen LogP contribution >= 0.6 is 11.3 Å². The van der Waals surface area contributed by atoms with Crippen LogP contribution in [0.3, 0.4) is 0 Å². The molecular weight excluding hydrogens is 366 g/mol. The lowest BCUT2D eigenvalue weighted by molar-refractivity contribution is -0.856. The van der Waals surface area contributed by atoms with Crippen molar-refractivity contribution in [1.29, 1.82) is 0 Å². The quantitative estimate of drug-likeness (QED) is 0.721. The summed E-state index contributed by atoms with van der Waals surface area (Å²) in [5.74, 6) is 0.0614. The van der Waals surface area contributed by atoms with Crippen LogP contribution in [-0.2, 0) is 12.8 Å². The van der Waals surface area contributed by atoms with E-state index in [0.29, 0.717) is 6.54 Å². The molecule has 3 aromatic rings. The number of para-hydroxylation sites is 1. The molecule has 28 heavy (non-hydrogen) atoms. The van der Waals surface area contributed by atoms with Gasteiger partial charge < -0.3 is 4.90 Å². The first-order chi connectivity index (χ1) is 13.5. The second-order valence-electron chi connectivity index (χ2n) is 8.02. The molecule has 5 heteroatoms. The molecule has 0 atom stereocenters. The molecule has 1 aliphatic rings. The minimum absolute atomic E-state index is 0.0614. The number of carbonyl (C=O) groups excluding carboxylic acids is 1. The predicted octanol–water partition coefficient (Wildman–Crippen LogP) is 3.27. The SMILES string of the molecule is Cc1cccc2sc(N(CC[NH+](C)C)C(=O)c3ccc4c(c3)CCCC4)nc12. The largest absolute Gasteiger partial charge is 0.338 e. The highest BCUT2D eigenvalue weighted by Gasteiger charge is 2.23. The molecule has 0 bridgehead atoms. The van der Waals surface area contributed by atoms with E-state index in [1.807, 2.05) is 11.0 Å². The highest BCUT2D eigenvalue weighted by Crippen LogP contribution is 2.31. The van der Waals surface area contributed by atoms with E-state index in [-0.39, 0.29) is 5.91 Å². The van der Waals surface area contributed by atoms with Crippen LogP contribution < -0.4 is 9.80 Å². The van der Waals surface area contributed by atoms with Crippen LogP contribution in [0.2, 0.25) is 0 Å². The zero-order valence-electron chi connectivity index (χ0n) is 16.9. The zero-order valence-corrected chi connectivity index (χ0v) is 17.7. The van der Waals surface area contributed by atoms with Gasteiger partial charge in [-0.05, 0) is 67.5 Å². The molecule has 1 aromatic heterocycles. The summed E-state index contributed by atoms with van der Waals surface area (Å²) in [7, 11) is 4.23. The number of rotatable bonds is 5. The van der Waals surface area contributed by atoms with E-state index in [1.54, 1.807) is 11.3 Å².